The van der Waals surface area contributed by atoms with Gasteiger partial charge in [0.25, 0.3) is 0 Å². The summed E-state index contributed by atoms with van der Waals surface area (Å²) in [4.78, 5) is 14.5. The van der Waals surface area contributed by atoms with Gasteiger partial charge in [-0.2, -0.15) is 4.99 Å². The van der Waals surface area contributed by atoms with E-state index >= 15 is 0 Å². The van der Waals surface area contributed by atoms with E-state index in [4.69, 9.17) is 30.0 Å². The lowest BCUT2D eigenvalue weighted by molar-refractivity contribution is 0.0761. The van der Waals surface area contributed by atoms with Crippen LogP contribution in [0.1, 0.15) is 115 Å². The number of hydrogen-bond acceptors (Lipinski definition) is 11. The molecule has 4 N–H and O–H groups in total. The van der Waals surface area contributed by atoms with E-state index < -0.39 is 13.8 Å². The van der Waals surface area contributed by atoms with Crippen LogP contribution in [0.5, 0.6) is 0 Å². The van der Waals surface area contributed by atoms with Crippen LogP contribution in [0.4, 0.5) is 0 Å². The Balaban J connectivity index is 1.21. The molecular weight excluding hydrogens is 615 g/mol. The number of unbranched alkanes of at least 4 members (excludes halogenated alkanes) is 15. The third-order valence-corrected chi connectivity index (χ3v) is 10.0. The molecule has 3 unspecified atom stereocenters. The molecule has 0 bridgehead atoms. The molecule has 2 aliphatic rings. The van der Waals surface area contributed by atoms with E-state index in [-0.39, 0.29) is 38.2 Å². The lowest BCUT2D eigenvalue weighted by Gasteiger charge is -2.24. The Bertz CT molecular complexity index is 1110. The Kier molecular flexibility index (Phi) is 20.1. The van der Waals surface area contributed by atoms with Crippen molar-refractivity contribution in [1.82, 2.24) is 4.90 Å². The second-order valence-electron chi connectivity index (χ2n) is 12.5. The number of hydrogen-bond donors (Lipinski definition) is 2. The van der Waals surface area contributed by atoms with Gasteiger partial charge in [-0.3, -0.25) is 9.56 Å². The van der Waals surface area contributed by atoms with Crippen molar-refractivity contribution in [2.45, 2.75) is 128 Å². The van der Waals surface area contributed by atoms with Crippen molar-refractivity contribution in [3.05, 3.63) is 35.9 Å². The quantitative estimate of drug-likeness (QED) is 0.0660. The zero-order valence-electron chi connectivity index (χ0n) is 28.8. The molecule has 1 aromatic rings. The van der Waals surface area contributed by atoms with Crippen LogP contribution >= 0.6 is 7.60 Å². The molecule has 3 rings (SSSR count). The van der Waals surface area contributed by atoms with Gasteiger partial charge in [-0.1, -0.05) is 134 Å². The third-order valence-electron chi connectivity index (χ3n) is 8.41. The monoisotopic (exact) mass is 676 g/mol. The lowest BCUT2D eigenvalue weighted by Crippen LogP contribution is -2.46. The summed E-state index contributed by atoms with van der Waals surface area (Å²) in [6, 6.07) is 9.23. The summed E-state index contributed by atoms with van der Waals surface area (Å²) in [5.41, 5.74) is 12.7. The van der Waals surface area contributed by atoms with E-state index in [1.165, 1.54) is 96.3 Å². The molecule has 0 aromatic heterocycles. The summed E-state index contributed by atoms with van der Waals surface area (Å²) < 4.78 is 36.6. The van der Waals surface area contributed by atoms with Crippen molar-refractivity contribution in [1.29, 1.82) is 0 Å². The molecule has 0 radical (unpaired) electrons. The number of guanidine groups is 1. The molecule has 3 atom stereocenters. The number of rotatable bonds is 29. The highest BCUT2D eigenvalue weighted by Crippen LogP contribution is 2.48. The number of fused-ring (bicyclic) bond motifs is 1. The van der Waals surface area contributed by atoms with Gasteiger partial charge in [0.15, 0.2) is 0 Å². The maximum absolute atomic E-state index is 13.6. The van der Waals surface area contributed by atoms with Crippen LogP contribution in [0.15, 0.2) is 45.3 Å². The van der Waals surface area contributed by atoms with Crippen molar-refractivity contribution in [2.24, 2.45) is 26.4 Å². The average molecular weight is 677 g/mol. The van der Waals surface area contributed by atoms with Crippen LogP contribution in [-0.2, 0) is 29.7 Å². The second-order valence-corrected chi connectivity index (χ2v) is 14.5. The molecule has 2 heterocycles. The molecule has 0 amide bonds. The Morgan fingerprint density at radius 1 is 0.766 bits per heavy atom. The highest BCUT2D eigenvalue weighted by Gasteiger charge is 2.34. The fourth-order valence-electron chi connectivity index (χ4n) is 5.65. The first kappa shape index (κ1) is 39.3. The maximum Gasteiger partial charge on any atom is 0.356 e. The van der Waals surface area contributed by atoms with Crippen molar-refractivity contribution in [3.63, 3.8) is 0 Å². The second kappa shape index (κ2) is 24.1. The summed E-state index contributed by atoms with van der Waals surface area (Å²) in [5.74, 6) is 0.763. The first-order valence-corrected chi connectivity index (χ1v) is 19.8. The van der Waals surface area contributed by atoms with E-state index in [0.29, 0.717) is 25.6 Å². The molecular formula is C35H61N6O5P. The smallest absolute Gasteiger partial charge is 0.356 e. The zero-order valence-corrected chi connectivity index (χ0v) is 29.7. The number of nitrogens with zero attached hydrogens (tertiary/aromatic N) is 4. The molecule has 0 fully saturated rings. The van der Waals surface area contributed by atoms with Gasteiger partial charge in [-0.15, -0.1) is 0 Å². The lowest BCUT2D eigenvalue weighted by atomic mass is 10.0. The van der Waals surface area contributed by atoms with Crippen LogP contribution in [0, 0.1) is 0 Å². The van der Waals surface area contributed by atoms with Crippen molar-refractivity contribution in [3.8, 4) is 0 Å². The number of ether oxygens (including phenoxy) is 2. The topological polar surface area (TPSA) is 146 Å². The fourth-order valence-corrected chi connectivity index (χ4v) is 6.92. The number of aliphatic imine (C=N–C) groups is 3. The third kappa shape index (κ3) is 16.7. The summed E-state index contributed by atoms with van der Waals surface area (Å²) in [7, 11) is -3.53. The van der Waals surface area contributed by atoms with Gasteiger partial charge in [0.05, 0.1) is 32.8 Å². The highest BCUT2D eigenvalue weighted by atomic mass is 31.2. The van der Waals surface area contributed by atoms with Crippen LogP contribution in [0.25, 0.3) is 0 Å². The molecule has 0 aliphatic carbocycles. The molecule has 0 spiro atoms. The van der Waals surface area contributed by atoms with Crippen LogP contribution in [-0.4, -0.2) is 74.6 Å². The molecule has 12 heteroatoms. The summed E-state index contributed by atoms with van der Waals surface area (Å²) in [6.07, 6.45) is 22.4. The van der Waals surface area contributed by atoms with E-state index in [1.807, 2.05) is 35.2 Å². The molecule has 11 nitrogen and oxygen atoms in total. The highest BCUT2D eigenvalue weighted by molar-refractivity contribution is 7.53. The van der Waals surface area contributed by atoms with Gasteiger partial charge in [0.2, 0.25) is 5.96 Å². The zero-order chi connectivity index (χ0) is 33.4. The average Bonchev–Trinajstić information content (AvgIpc) is 3.48. The van der Waals surface area contributed by atoms with Gasteiger partial charge in [0.1, 0.15) is 24.4 Å². The minimum atomic E-state index is -3.53. The number of benzene rings is 1. The first-order valence-electron chi connectivity index (χ1n) is 18.1. The SMILES string of the molecule is CCCCCCCCCCCCCCCCCCOCCOP(=O)(COCCN1C=NC2C1=NC(N)=NC2N)OCc1ccccc1. The molecule has 266 valence electrons. The van der Waals surface area contributed by atoms with Gasteiger partial charge < -0.3 is 34.9 Å². The van der Waals surface area contributed by atoms with Gasteiger partial charge >= 0.3 is 7.60 Å². The van der Waals surface area contributed by atoms with Crippen LogP contribution < -0.4 is 11.5 Å². The Morgan fingerprint density at radius 3 is 2.02 bits per heavy atom. The molecule has 0 saturated carbocycles. The van der Waals surface area contributed by atoms with Crippen LogP contribution in [0.3, 0.4) is 0 Å². The van der Waals surface area contributed by atoms with Gasteiger partial charge in [-0.25, -0.2) is 4.99 Å². The van der Waals surface area contributed by atoms with E-state index in [1.54, 1.807) is 6.34 Å². The predicted octanol–water partition coefficient (Wildman–Crippen LogP) is 7.39. The fraction of sp³-hybridized carbons (Fsp3) is 0.743. The largest absolute Gasteiger partial charge is 0.379 e. The normalized spacial score (nSPS) is 18.6. The molecule has 0 saturated heterocycles. The van der Waals surface area contributed by atoms with E-state index in [0.717, 1.165) is 12.0 Å². The van der Waals surface area contributed by atoms with E-state index in [2.05, 4.69) is 21.9 Å². The Labute approximate surface area is 283 Å². The number of amidine groups is 1. The van der Waals surface area contributed by atoms with Crippen molar-refractivity contribution >= 4 is 25.7 Å². The Morgan fingerprint density at radius 2 is 1.38 bits per heavy atom. The number of nitrogens with two attached hydrogens (primary N) is 2. The predicted molar refractivity (Wildman–Crippen MR) is 192 cm³/mol. The summed E-state index contributed by atoms with van der Waals surface area (Å²) in [6.45, 7) is 4.32. The molecule has 47 heavy (non-hydrogen) atoms. The van der Waals surface area contributed by atoms with Crippen molar-refractivity contribution in [2.75, 3.05) is 39.3 Å². The summed E-state index contributed by atoms with van der Waals surface area (Å²) >= 11 is 0. The minimum absolute atomic E-state index is 0.129. The van der Waals surface area contributed by atoms with E-state index in [9.17, 15) is 4.57 Å². The minimum Gasteiger partial charge on any atom is -0.379 e. The standard InChI is InChI=1S/C35H61N6O5P/c1-2-3-4-5-6-7-8-9-10-11-12-13-14-15-16-20-24-43-26-27-45-47(42,46-28-31-21-18-17-19-22-31)30-44-25-23-41-29-38-32-33(36)39-35(37)40-34(32)41/h17-19,21-22,29,32-33H,2-16,20,23-28,30,36H2,1H3,(H2,37,39). The maximum atomic E-state index is 13.6. The van der Waals surface area contributed by atoms with Gasteiger partial charge in [0, 0.05) is 13.2 Å². The Hall–Kier alpha value is -2.14. The van der Waals surface area contributed by atoms with Gasteiger partial charge in [-0.05, 0) is 12.0 Å². The molecule has 1 aromatic carbocycles. The van der Waals surface area contributed by atoms with Crippen LogP contribution in [0.2, 0.25) is 0 Å². The first-order chi connectivity index (χ1) is 23.0. The van der Waals surface area contributed by atoms with Crippen molar-refractivity contribution < 1.29 is 23.1 Å². The molecule has 2 aliphatic heterocycles. The summed E-state index contributed by atoms with van der Waals surface area (Å²) in [5, 5.41) is 0.